The SMILES string of the molecule is CN1CCN(c2ccc(CNC(=O)Cn3cnc4ccccc4c3=O)cn2)CC1. The van der Waals surface area contributed by atoms with Gasteiger partial charge in [0, 0.05) is 38.9 Å². The molecule has 1 N–H and O–H groups in total. The van der Waals surface area contributed by atoms with Crippen molar-refractivity contribution in [3.05, 3.63) is 64.8 Å². The zero-order valence-corrected chi connectivity index (χ0v) is 16.4. The lowest BCUT2D eigenvalue weighted by Crippen LogP contribution is -2.44. The molecule has 0 saturated carbocycles. The first-order chi connectivity index (χ1) is 14.1. The van der Waals surface area contributed by atoms with E-state index in [2.05, 4.69) is 32.1 Å². The molecule has 8 heteroatoms. The van der Waals surface area contributed by atoms with Crippen LogP contribution < -0.4 is 15.8 Å². The zero-order valence-electron chi connectivity index (χ0n) is 16.4. The van der Waals surface area contributed by atoms with Crippen LogP contribution in [0.3, 0.4) is 0 Å². The number of anilines is 1. The molecule has 1 saturated heterocycles. The molecule has 1 fully saturated rings. The highest BCUT2D eigenvalue weighted by molar-refractivity contribution is 5.78. The van der Waals surface area contributed by atoms with Crippen LogP contribution in [0, 0.1) is 0 Å². The summed E-state index contributed by atoms with van der Waals surface area (Å²) in [6.45, 7) is 4.29. The fourth-order valence-corrected chi connectivity index (χ4v) is 3.37. The summed E-state index contributed by atoms with van der Waals surface area (Å²) < 4.78 is 1.33. The third-order valence-corrected chi connectivity index (χ3v) is 5.17. The normalized spacial score (nSPS) is 14.9. The standard InChI is InChI=1S/C21H24N6O2/c1-25-8-10-26(11-9-25)19-7-6-16(12-22-19)13-23-20(28)14-27-15-24-18-5-3-2-4-17(18)21(27)29/h2-7,12,15H,8-11,13-14H2,1H3,(H,23,28). The van der Waals surface area contributed by atoms with Gasteiger partial charge in [0.1, 0.15) is 12.4 Å². The number of amides is 1. The fourth-order valence-electron chi connectivity index (χ4n) is 3.37. The van der Waals surface area contributed by atoms with Gasteiger partial charge in [-0.3, -0.25) is 14.2 Å². The zero-order chi connectivity index (χ0) is 20.2. The summed E-state index contributed by atoms with van der Waals surface area (Å²) in [4.78, 5) is 38.1. The summed E-state index contributed by atoms with van der Waals surface area (Å²) in [6, 6.07) is 11.1. The van der Waals surface area contributed by atoms with Gasteiger partial charge in [-0.15, -0.1) is 0 Å². The Morgan fingerprint density at radius 3 is 2.62 bits per heavy atom. The molecule has 29 heavy (non-hydrogen) atoms. The van der Waals surface area contributed by atoms with Crippen LogP contribution in [0.2, 0.25) is 0 Å². The number of rotatable bonds is 5. The number of pyridine rings is 1. The number of carbonyl (C=O) groups excluding carboxylic acids is 1. The molecule has 0 spiro atoms. The Labute approximate surface area is 168 Å². The second kappa shape index (κ2) is 8.40. The number of aromatic nitrogens is 3. The van der Waals surface area contributed by atoms with Gasteiger partial charge in [0.15, 0.2) is 0 Å². The summed E-state index contributed by atoms with van der Waals surface area (Å²) in [5, 5.41) is 3.35. The lowest BCUT2D eigenvalue weighted by molar-refractivity contribution is -0.121. The monoisotopic (exact) mass is 392 g/mol. The predicted octanol–water partition coefficient (Wildman–Crippen LogP) is 0.860. The third kappa shape index (κ3) is 4.43. The van der Waals surface area contributed by atoms with Gasteiger partial charge in [0.05, 0.1) is 17.2 Å². The summed E-state index contributed by atoms with van der Waals surface area (Å²) >= 11 is 0. The minimum absolute atomic E-state index is 0.0660. The lowest BCUT2D eigenvalue weighted by atomic mass is 10.2. The first-order valence-electron chi connectivity index (χ1n) is 9.69. The maximum absolute atomic E-state index is 12.5. The van der Waals surface area contributed by atoms with Crippen LogP contribution in [0.4, 0.5) is 5.82 Å². The van der Waals surface area contributed by atoms with Crippen LogP contribution in [0.15, 0.2) is 53.7 Å². The van der Waals surface area contributed by atoms with Crippen LogP contribution in [0.1, 0.15) is 5.56 Å². The third-order valence-electron chi connectivity index (χ3n) is 5.17. The van der Waals surface area contributed by atoms with Crippen molar-refractivity contribution in [2.75, 3.05) is 38.1 Å². The van der Waals surface area contributed by atoms with Crippen molar-refractivity contribution in [1.29, 1.82) is 0 Å². The van der Waals surface area contributed by atoms with Gasteiger partial charge in [-0.1, -0.05) is 18.2 Å². The average molecular weight is 392 g/mol. The molecule has 4 rings (SSSR count). The first kappa shape index (κ1) is 19.1. The van der Waals surface area contributed by atoms with Crippen molar-refractivity contribution in [2.45, 2.75) is 13.1 Å². The van der Waals surface area contributed by atoms with Crippen molar-refractivity contribution in [3.63, 3.8) is 0 Å². The summed E-state index contributed by atoms with van der Waals surface area (Å²) in [5.41, 5.74) is 1.32. The smallest absolute Gasteiger partial charge is 0.261 e. The molecule has 1 aliphatic rings. The maximum atomic E-state index is 12.5. The maximum Gasteiger partial charge on any atom is 0.261 e. The number of carbonyl (C=O) groups is 1. The first-order valence-corrected chi connectivity index (χ1v) is 9.69. The topological polar surface area (TPSA) is 83.4 Å². The van der Waals surface area contributed by atoms with E-state index in [4.69, 9.17) is 0 Å². The highest BCUT2D eigenvalue weighted by atomic mass is 16.2. The molecule has 150 valence electrons. The molecule has 0 radical (unpaired) electrons. The van der Waals surface area contributed by atoms with E-state index in [1.165, 1.54) is 10.9 Å². The molecule has 3 heterocycles. The van der Waals surface area contributed by atoms with Gasteiger partial charge in [0.2, 0.25) is 5.91 Å². The van der Waals surface area contributed by atoms with E-state index in [-0.39, 0.29) is 18.0 Å². The van der Waals surface area contributed by atoms with E-state index in [0.29, 0.717) is 17.4 Å². The number of nitrogens with one attached hydrogen (secondary N) is 1. The number of likely N-dealkylation sites (N-methyl/N-ethyl adjacent to an activating group) is 1. The Morgan fingerprint density at radius 2 is 1.86 bits per heavy atom. The highest BCUT2D eigenvalue weighted by Crippen LogP contribution is 2.13. The molecule has 0 atom stereocenters. The molecule has 0 bridgehead atoms. The largest absolute Gasteiger partial charge is 0.354 e. The molecule has 0 aliphatic carbocycles. The number of benzene rings is 1. The van der Waals surface area contributed by atoms with Gasteiger partial charge < -0.3 is 15.1 Å². The molecule has 8 nitrogen and oxygen atoms in total. The molecule has 1 amide bonds. The summed E-state index contributed by atoms with van der Waals surface area (Å²) in [5.74, 6) is 0.717. The van der Waals surface area contributed by atoms with Gasteiger partial charge >= 0.3 is 0 Å². The van der Waals surface area contributed by atoms with E-state index < -0.39 is 0 Å². The molecule has 2 aromatic heterocycles. The second-order valence-corrected chi connectivity index (χ2v) is 7.29. The van der Waals surface area contributed by atoms with Crippen molar-refractivity contribution < 1.29 is 4.79 Å². The van der Waals surface area contributed by atoms with Gasteiger partial charge in [-0.2, -0.15) is 0 Å². The number of fused-ring (bicyclic) bond motifs is 1. The minimum Gasteiger partial charge on any atom is -0.354 e. The van der Waals surface area contributed by atoms with Gasteiger partial charge in [0.25, 0.3) is 5.56 Å². The van der Waals surface area contributed by atoms with Crippen molar-refractivity contribution in [1.82, 2.24) is 24.8 Å². The minimum atomic E-state index is -0.243. The fraction of sp³-hybridized carbons (Fsp3) is 0.333. The van der Waals surface area contributed by atoms with Crippen molar-refractivity contribution in [2.24, 2.45) is 0 Å². The predicted molar refractivity (Wildman–Crippen MR) is 112 cm³/mol. The molecule has 1 aliphatic heterocycles. The van der Waals surface area contributed by atoms with Crippen LogP contribution >= 0.6 is 0 Å². The van der Waals surface area contributed by atoms with E-state index >= 15 is 0 Å². The molecular formula is C21H24N6O2. The van der Waals surface area contributed by atoms with Gasteiger partial charge in [-0.25, -0.2) is 9.97 Å². The van der Waals surface area contributed by atoms with Crippen LogP contribution in [0.5, 0.6) is 0 Å². The van der Waals surface area contributed by atoms with Crippen molar-refractivity contribution in [3.8, 4) is 0 Å². The van der Waals surface area contributed by atoms with E-state index in [9.17, 15) is 9.59 Å². The Bertz CT molecular complexity index is 1050. The molecule has 0 unspecified atom stereocenters. The van der Waals surface area contributed by atoms with E-state index in [0.717, 1.165) is 37.6 Å². The second-order valence-electron chi connectivity index (χ2n) is 7.29. The molecular weight excluding hydrogens is 368 g/mol. The van der Waals surface area contributed by atoms with Crippen molar-refractivity contribution >= 4 is 22.6 Å². The van der Waals surface area contributed by atoms with Crippen LogP contribution in [-0.4, -0.2) is 58.6 Å². The summed E-state index contributed by atoms with van der Waals surface area (Å²) in [7, 11) is 2.12. The Balaban J connectivity index is 1.34. The highest BCUT2D eigenvalue weighted by Gasteiger charge is 2.15. The average Bonchev–Trinajstić information content (AvgIpc) is 2.75. The molecule has 3 aromatic rings. The Kier molecular flexibility index (Phi) is 5.53. The number of hydrogen-bond donors (Lipinski definition) is 1. The Hall–Kier alpha value is -3.26. The van der Waals surface area contributed by atoms with E-state index in [1.54, 1.807) is 24.4 Å². The quantitative estimate of drug-likeness (QED) is 0.694. The number of para-hydroxylation sites is 1. The van der Waals surface area contributed by atoms with Crippen LogP contribution in [0.25, 0.3) is 10.9 Å². The van der Waals surface area contributed by atoms with Crippen LogP contribution in [-0.2, 0) is 17.9 Å². The summed E-state index contributed by atoms with van der Waals surface area (Å²) in [6.07, 6.45) is 3.20. The lowest BCUT2D eigenvalue weighted by Gasteiger charge is -2.33. The molecule has 1 aromatic carbocycles. The Morgan fingerprint density at radius 1 is 1.07 bits per heavy atom. The number of hydrogen-bond acceptors (Lipinski definition) is 6. The van der Waals surface area contributed by atoms with Gasteiger partial charge in [-0.05, 0) is 30.8 Å². The number of piperazine rings is 1. The number of nitrogens with zero attached hydrogens (tertiary/aromatic N) is 5. The van der Waals surface area contributed by atoms with E-state index in [1.807, 2.05) is 18.2 Å².